The number of benzene rings is 2. The fraction of sp³-hybridized carbons (Fsp3) is 0.188. The summed E-state index contributed by atoms with van der Waals surface area (Å²) in [5.41, 5.74) is 13.5. The molecule has 0 saturated carbocycles. The number of nitrogens with zero attached hydrogens (tertiary/aromatic N) is 1. The van der Waals surface area contributed by atoms with E-state index in [1.807, 2.05) is 31.2 Å². The first kappa shape index (κ1) is 14.8. The van der Waals surface area contributed by atoms with Crippen molar-refractivity contribution in [2.24, 2.45) is 5.73 Å². The Morgan fingerprint density at radius 2 is 1.86 bits per heavy atom. The van der Waals surface area contributed by atoms with Crippen LogP contribution in [0.15, 0.2) is 36.4 Å². The van der Waals surface area contributed by atoms with Gasteiger partial charge in [0.15, 0.2) is 0 Å². The number of nitrogens with two attached hydrogens (primary N) is 2. The summed E-state index contributed by atoms with van der Waals surface area (Å²) in [6.45, 7) is 2.52. The van der Waals surface area contributed by atoms with Crippen molar-refractivity contribution in [1.29, 1.82) is 0 Å². The number of carbonyl (C=O) groups is 1. The predicted molar refractivity (Wildman–Crippen MR) is 82.6 cm³/mol. The van der Waals surface area contributed by atoms with Gasteiger partial charge in [0.05, 0.1) is 11.3 Å². The van der Waals surface area contributed by atoms with Crippen molar-refractivity contribution < 1.29 is 9.18 Å². The van der Waals surface area contributed by atoms with E-state index in [2.05, 4.69) is 0 Å². The summed E-state index contributed by atoms with van der Waals surface area (Å²) in [4.78, 5) is 13.0. The molecule has 2 aromatic carbocycles. The van der Waals surface area contributed by atoms with E-state index in [4.69, 9.17) is 11.5 Å². The summed E-state index contributed by atoms with van der Waals surface area (Å²) in [5.74, 6) is -1.15. The highest BCUT2D eigenvalue weighted by Crippen LogP contribution is 2.25. The van der Waals surface area contributed by atoms with Crippen LogP contribution in [0.5, 0.6) is 0 Å². The molecular formula is C16H18FN3O. The van der Waals surface area contributed by atoms with Crippen LogP contribution < -0.4 is 16.4 Å². The zero-order valence-electron chi connectivity index (χ0n) is 12.1. The molecule has 5 heteroatoms. The molecule has 0 aliphatic carbocycles. The van der Waals surface area contributed by atoms with Gasteiger partial charge in [-0.3, -0.25) is 4.79 Å². The number of halogens is 1. The molecule has 0 heterocycles. The number of aryl methyl sites for hydroxylation is 1. The number of rotatable bonds is 4. The molecule has 0 spiro atoms. The average molecular weight is 287 g/mol. The topological polar surface area (TPSA) is 72.3 Å². The zero-order chi connectivity index (χ0) is 15.6. The highest BCUT2D eigenvalue weighted by atomic mass is 19.1. The van der Waals surface area contributed by atoms with Gasteiger partial charge in [0.2, 0.25) is 0 Å². The molecule has 0 aliphatic heterocycles. The molecule has 0 aromatic heterocycles. The molecule has 1 amide bonds. The molecule has 2 rings (SSSR count). The van der Waals surface area contributed by atoms with Crippen molar-refractivity contribution in [1.82, 2.24) is 0 Å². The Balaban J connectivity index is 2.30. The van der Waals surface area contributed by atoms with Gasteiger partial charge >= 0.3 is 0 Å². The van der Waals surface area contributed by atoms with Gasteiger partial charge < -0.3 is 16.4 Å². The van der Waals surface area contributed by atoms with Crippen molar-refractivity contribution in [2.75, 3.05) is 17.7 Å². The number of carbonyl (C=O) groups excluding carboxylic acids is 1. The molecule has 0 unspecified atom stereocenters. The van der Waals surface area contributed by atoms with E-state index in [0.717, 1.165) is 17.2 Å². The standard InChI is InChI=1S/C16H18FN3O/c1-10-3-5-11(6-4-10)9-20(2)15-7-12(16(19)21)14(18)8-13(15)17/h3-8H,9,18H2,1-2H3,(H2,19,21). The molecule has 4 N–H and O–H groups in total. The van der Waals surface area contributed by atoms with E-state index < -0.39 is 11.7 Å². The van der Waals surface area contributed by atoms with E-state index in [0.29, 0.717) is 12.2 Å². The lowest BCUT2D eigenvalue weighted by Crippen LogP contribution is -2.20. The summed E-state index contributed by atoms with van der Waals surface area (Å²) in [6, 6.07) is 10.5. The maximum atomic E-state index is 14.0. The number of hydrogen-bond donors (Lipinski definition) is 2. The number of hydrogen-bond acceptors (Lipinski definition) is 3. The highest BCUT2D eigenvalue weighted by molar-refractivity contribution is 5.99. The van der Waals surface area contributed by atoms with E-state index in [9.17, 15) is 9.18 Å². The number of nitrogen functional groups attached to an aromatic ring is 1. The second-order valence-electron chi connectivity index (χ2n) is 5.10. The molecular weight excluding hydrogens is 269 g/mol. The lowest BCUT2D eigenvalue weighted by molar-refractivity contribution is 0.100. The van der Waals surface area contributed by atoms with Crippen LogP contribution in [0.25, 0.3) is 0 Å². The largest absolute Gasteiger partial charge is 0.398 e. The maximum absolute atomic E-state index is 14.0. The van der Waals surface area contributed by atoms with Crippen LogP contribution >= 0.6 is 0 Å². The van der Waals surface area contributed by atoms with Crippen molar-refractivity contribution in [3.8, 4) is 0 Å². The van der Waals surface area contributed by atoms with Crippen LogP contribution in [0.4, 0.5) is 15.8 Å². The van der Waals surface area contributed by atoms with Gasteiger partial charge in [-0.25, -0.2) is 4.39 Å². The summed E-state index contributed by atoms with van der Waals surface area (Å²) in [5, 5.41) is 0. The monoisotopic (exact) mass is 287 g/mol. The summed E-state index contributed by atoms with van der Waals surface area (Å²) in [6.07, 6.45) is 0. The number of anilines is 2. The van der Waals surface area contributed by atoms with Crippen molar-refractivity contribution >= 4 is 17.3 Å². The molecule has 21 heavy (non-hydrogen) atoms. The van der Waals surface area contributed by atoms with Gasteiger partial charge in [-0.05, 0) is 24.6 Å². The fourth-order valence-corrected chi connectivity index (χ4v) is 2.14. The molecule has 0 saturated heterocycles. The van der Waals surface area contributed by atoms with Gasteiger partial charge in [-0.15, -0.1) is 0 Å². The van der Waals surface area contributed by atoms with Crippen molar-refractivity contribution in [3.63, 3.8) is 0 Å². The quantitative estimate of drug-likeness (QED) is 0.848. The smallest absolute Gasteiger partial charge is 0.250 e. The third kappa shape index (κ3) is 3.31. The lowest BCUT2D eigenvalue weighted by atomic mass is 10.1. The van der Waals surface area contributed by atoms with E-state index >= 15 is 0 Å². The SMILES string of the molecule is Cc1ccc(CN(C)c2cc(C(N)=O)c(N)cc2F)cc1. The van der Waals surface area contributed by atoms with Crippen LogP contribution in [-0.2, 0) is 6.54 Å². The van der Waals surface area contributed by atoms with Gasteiger partial charge in [0.1, 0.15) is 5.82 Å². The third-order valence-corrected chi connectivity index (χ3v) is 3.34. The minimum absolute atomic E-state index is 0.0486. The van der Waals surface area contributed by atoms with E-state index in [-0.39, 0.29) is 11.3 Å². The molecule has 0 bridgehead atoms. The molecule has 0 fully saturated rings. The number of primary amides is 1. The molecule has 110 valence electrons. The van der Waals surface area contributed by atoms with Gasteiger partial charge in [0.25, 0.3) is 5.91 Å². The van der Waals surface area contributed by atoms with E-state index in [1.165, 1.54) is 6.07 Å². The minimum atomic E-state index is -0.669. The minimum Gasteiger partial charge on any atom is -0.398 e. The Morgan fingerprint density at radius 1 is 1.24 bits per heavy atom. The Hall–Kier alpha value is -2.56. The summed E-state index contributed by atoms with van der Waals surface area (Å²) >= 11 is 0. The molecule has 0 atom stereocenters. The molecule has 2 aromatic rings. The first-order chi connectivity index (χ1) is 9.88. The zero-order valence-corrected chi connectivity index (χ0v) is 12.1. The number of amides is 1. The predicted octanol–water partition coefficient (Wildman–Crippen LogP) is 2.45. The normalized spacial score (nSPS) is 10.4. The second kappa shape index (κ2) is 5.83. The maximum Gasteiger partial charge on any atom is 0.250 e. The lowest BCUT2D eigenvalue weighted by Gasteiger charge is -2.21. The van der Waals surface area contributed by atoms with Gasteiger partial charge in [0, 0.05) is 19.3 Å². The van der Waals surface area contributed by atoms with Crippen LogP contribution in [0.2, 0.25) is 0 Å². The first-order valence-corrected chi connectivity index (χ1v) is 6.54. The molecule has 0 aliphatic rings. The van der Waals surface area contributed by atoms with Crippen LogP contribution in [-0.4, -0.2) is 13.0 Å². The van der Waals surface area contributed by atoms with Crippen molar-refractivity contribution in [2.45, 2.75) is 13.5 Å². The first-order valence-electron chi connectivity index (χ1n) is 6.54. The van der Waals surface area contributed by atoms with Crippen LogP contribution in [0.3, 0.4) is 0 Å². The third-order valence-electron chi connectivity index (χ3n) is 3.34. The summed E-state index contributed by atoms with van der Waals surface area (Å²) in [7, 11) is 1.75. The average Bonchev–Trinajstić information content (AvgIpc) is 2.40. The molecule has 0 radical (unpaired) electrons. The van der Waals surface area contributed by atoms with Gasteiger partial charge in [-0.2, -0.15) is 0 Å². The fourth-order valence-electron chi connectivity index (χ4n) is 2.14. The Bertz CT molecular complexity index is 668. The van der Waals surface area contributed by atoms with Gasteiger partial charge in [-0.1, -0.05) is 29.8 Å². The molecule has 4 nitrogen and oxygen atoms in total. The van der Waals surface area contributed by atoms with Crippen LogP contribution in [0, 0.1) is 12.7 Å². The Morgan fingerprint density at radius 3 is 2.43 bits per heavy atom. The van der Waals surface area contributed by atoms with Crippen molar-refractivity contribution in [3.05, 3.63) is 58.9 Å². The Labute approximate surface area is 123 Å². The van der Waals surface area contributed by atoms with E-state index in [1.54, 1.807) is 11.9 Å². The highest BCUT2D eigenvalue weighted by Gasteiger charge is 2.15. The second-order valence-corrected chi connectivity index (χ2v) is 5.10. The van der Waals surface area contributed by atoms with Crippen LogP contribution in [0.1, 0.15) is 21.5 Å². The summed E-state index contributed by atoms with van der Waals surface area (Å²) < 4.78 is 14.0. The Kier molecular flexibility index (Phi) is 4.12.